The number of rotatable bonds is 0. The molecule has 1 nitrogen and oxygen atoms in total. The van der Waals surface area contributed by atoms with Gasteiger partial charge in [-0.1, -0.05) is 38.1 Å². The lowest BCUT2D eigenvalue weighted by atomic mass is 9.86. The maximum atomic E-state index is 10.6. The van der Waals surface area contributed by atoms with Gasteiger partial charge in [0.05, 0.1) is 0 Å². The van der Waals surface area contributed by atoms with Gasteiger partial charge in [0.15, 0.2) is 0 Å². The van der Waals surface area contributed by atoms with Crippen molar-refractivity contribution in [1.29, 1.82) is 0 Å². The molecule has 0 radical (unpaired) electrons. The average molecular weight is 318 g/mol. The first-order valence-corrected chi connectivity index (χ1v) is 8.84. The summed E-state index contributed by atoms with van der Waals surface area (Å²) >= 11 is 0. The highest BCUT2D eigenvalue weighted by Gasteiger charge is 2.25. The Kier molecular flexibility index (Phi) is 4.13. The molecule has 0 atom stereocenters. The van der Waals surface area contributed by atoms with Crippen molar-refractivity contribution in [2.75, 3.05) is 0 Å². The molecule has 0 saturated carbocycles. The maximum absolute atomic E-state index is 10.6. The van der Waals surface area contributed by atoms with Gasteiger partial charge in [0.2, 0.25) is 0 Å². The van der Waals surface area contributed by atoms with E-state index in [-0.39, 0.29) is 0 Å². The van der Waals surface area contributed by atoms with Gasteiger partial charge in [-0.05, 0) is 90.1 Å². The first kappa shape index (κ1) is 16.6. The molecule has 0 amide bonds. The number of aryl methyl sites for hydroxylation is 2. The fraction of sp³-hybridized carbons (Fsp3) is 0.304. The number of phenols is 1. The molecule has 1 aliphatic carbocycles. The second kappa shape index (κ2) is 5.98. The second-order valence-corrected chi connectivity index (χ2v) is 6.51. The highest BCUT2D eigenvalue weighted by atomic mass is 16.3. The van der Waals surface area contributed by atoms with Crippen molar-refractivity contribution in [2.24, 2.45) is 0 Å². The molecule has 0 bridgehead atoms. The van der Waals surface area contributed by atoms with Gasteiger partial charge < -0.3 is 5.11 Å². The Balaban J connectivity index is 0.000000815. The van der Waals surface area contributed by atoms with Gasteiger partial charge in [0.1, 0.15) is 5.75 Å². The molecule has 0 saturated heterocycles. The van der Waals surface area contributed by atoms with Crippen molar-refractivity contribution < 1.29 is 5.11 Å². The van der Waals surface area contributed by atoms with Crippen LogP contribution >= 0.6 is 0 Å². The van der Waals surface area contributed by atoms with Crippen LogP contribution in [-0.4, -0.2) is 5.11 Å². The normalized spacial score (nSPS) is 11.8. The van der Waals surface area contributed by atoms with Crippen LogP contribution in [0.5, 0.6) is 5.75 Å². The number of fused-ring (bicyclic) bond motifs is 5. The summed E-state index contributed by atoms with van der Waals surface area (Å²) in [5.41, 5.74) is 10.4. The number of hydrogen-bond acceptors (Lipinski definition) is 1. The van der Waals surface area contributed by atoms with E-state index in [4.69, 9.17) is 0 Å². The molecule has 0 heterocycles. The van der Waals surface area contributed by atoms with E-state index in [0.29, 0.717) is 5.75 Å². The van der Waals surface area contributed by atoms with Crippen LogP contribution in [0.1, 0.15) is 47.2 Å². The summed E-state index contributed by atoms with van der Waals surface area (Å²) in [5, 5.41) is 12.9. The number of benzene rings is 3. The van der Waals surface area contributed by atoms with Crippen LogP contribution in [0.3, 0.4) is 0 Å². The molecule has 3 aromatic carbocycles. The smallest absolute Gasteiger partial charge is 0.124 e. The van der Waals surface area contributed by atoms with Crippen LogP contribution in [0, 0.1) is 27.7 Å². The first-order valence-electron chi connectivity index (χ1n) is 8.84. The molecule has 0 spiro atoms. The maximum Gasteiger partial charge on any atom is 0.124 e. The predicted molar refractivity (Wildman–Crippen MR) is 104 cm³/mol. The summed E-state index contributed by atoms with van der Waals surface area (Å²) in [7, 11) is 0. The predicted octanol–water partition coefficient (Wildman–Crippen LogP) is 6.38. The Hall–Kier alpha value is -2.28. The van der Waals surface area contributed by atoms with Crippen LogP contribution in [0.25, 0.3) is 21.9 Å². The van der Waals surface area contributed by atoms with E-state index >= 15 is 0 Å². The van der Waals surface area contributed by atoms with Crippen LogP contribution in [0.15, 0.2) is 30.3 Å². The lowest BCUT2D eigenvalue weighted by Gasteiger charge is -2.18. The summed E-state index contributed by atoms with van der Waals surface area (Å²) in [5.74, 6) is 0.422. The van der Waals surface area contributed by atoms with Gasteiger partial charge in [-0.15, -0.1) is 0 Å². The highest BCUT2D eigenvalue weighted by Crippen LogP contribution is 2.47. The van der Waals surface area contributed by atoms with Gasteiger partial charge in [-0.25, -0.2) is 0 Å². The van der Waals surface area contributed by atoms with Crippen molar-refractivity contribution in [3.05, 3.63) is 63.7 Å². The standard InChI is InChI=1S/C21H20O.C2H6/c1-11-12(2)14(4)20-19(13(11)3)18(22)10-16-9-15-7-5-6-8-17(15)21(16)20;1-2/h5-8,10,22H,9H2,1-4H3;1-2H3. The first-order chi connectivity index (χ1) is 11.5. The molecule has 0 aromatic heterocycles. The Morgan fingerprint density at radius 3 is 2.00 bits per heavy atom. The summed E-state index contributed by atoms with van der Waals surface area (Å²) < 4.78 is 0. The monoisotopic (exact) mass is 318 g/mol. The lowest BCUT2D eigenvalue weighted by molar-refractivity contribution is 0.481. The SMILES string of the molecule is CC.Cc1c(C)c(C)c2c3c(cc(O)c2c1C)Cc1ccccc1-3. The van der Waals surface area contributed by atoms with Crippen molar-refractivity contribution in [2.45, 2.75) is 48.0 Å². The quantitative estimate of drug-likeness (QED) is 0.399. The fourth-order valence-corrected chi connectivity index (χ4v) is 3.99. The van der Waals surface area contributed by atoms with Crippen LogP contribution in [0.4, 0.5) is 0 Å². The van der Waals surface area contributed by atoms with Gasteiger partial charge in [-0.3, -0.25) is 0 Å². The molecular weight excluding hydrogens is 292 g/mol. The van der Waals surface area contributed by atoms with E-state index in [9.17, 15) is 5.11 Å². The molecule has 1 heteroatoms. The third kappa shape index (κ3) is 2.15. The molecule has 4 rings (SSSR count). The number of hydrogen-bond donors (Lipinski definition) is 1. The third-order valence-corrected chi connectivity index (χ3v) is 5.49. The van der Waals surface area contributed by atoms with E-state index in [2.05, 4.69) is 52.0 Å². The van der Waals surface area contributed by atoms with E-state index in [1.54, 1.807) is 0 Å². The molecule has 0 unspecified atom stereocenters. The van der Waals surface area contributed by atoms with Gasteiger partial charge in [-0.2, -0.15) is 0 Å². The van der Waals surface area contributed by atoms with Gasteiger partial charge in [0, 0.05) is 5.39 Å². The Morgan fingerprint density at radius 2 is 1.33 bits per heavy atom. The van der Waals surface area contributed by atoms with Gasteiger partial charge >= 0.3 is 0 Å². The van der Waals surface area contributed by atoms with E-state index in [0.717, 1.165) is 11.8 Å². The summed E-state index contributed by atoms with van der Waals surface area (Å²) in [6, 6.07) is 10.6. The van der Waals surface area contributed by atoms with Crippen LogP contribution in [0.2, 0.25) is 0 Å². The zero-order valence-electron chi connectivity index (χ0n) is 15.5. The summed E-state index contributed by atoms with van der Waals surface area (Å²) in [6.07, 6.45) is 0.917. The van der Waals surface area contributed by atoms with Crippen LogP contribution < -0.4 is 0 Å². The van der Waals surface area contributed by atoms with Crippen molar-refractivity contribution in [1.82, 2.24) is 0 Å². The Morgan fingerprint density at radius 1 is 0.750 bits per heavy atom. The fourth-order valence-electron chi connectivity index (χ4n) is 3.99. The molecular formula is C23H26O. The van der Waals surface area contributed by atoms with Gasteiger partial charge in [0.25, 0.3) is 0 Å². The Bertz CT molecular complexity index is 948. The molecule has 124 valence electrons. The molecule has 1 aliphatic rings. The van der Waals surface area contributed by atoms with Crippen molar-refractivity contribution in [3.8, 4) is 16.9 Å². The largest absolute Gasteiger partial charge is 0.507 e. The zero-order valence-corrected chi connectivity index (χ0v) is 15.5. The second-order valence-electron chi connectivity index (χ2n) is 6.51. The molecule has 0 fully saturated rings. The lowest BCUT2D eigenvalue weighted by Crippen LogP contribution is -1.97. The molecule has 3 aromatic rings. The summed E-state index contributed by atoms with van der Waals surface area (Å²) in [6.45, 7) is 12.6. The summed E-state index contributed by atoms with van der Waals surface area (Å²) in [4.78, 5) is 0. The minimum atomic E-state index is 0.422. The topological polar surface area (TPSA) is 20.2 Å². The van der Waals surface area contributed by atoms with E-state index in [1.165, 1.54) is 49.9 Å². The molecule has 0 aliphatic heterocycles. The minimum Gasteiger partial charge on any atom is -0.507 e. The number of phenolic OH excluding ortho intramolecular Hbond substituents is 1. The molecule has 24 heavy (non-hydrogen) atoms. The van der Waals surface area contributed by atoms with Crippen molar-refractivity contribution >= 4 is 10.8 Å². The third-order valence-electron chi connectivity index (χ3n) is 5.49. The highest BCUT2D eigenvalue weighted by molar-refractivity contribution is 6.07. The van der Waals surface area contributed by atoms with E-state index in [1.807, 2.05) is 19.9 Å². The van der Waals surface area contributed by atoms with E-state index < -0.39 is 0 Å². The number of aromatic hydroxyl groups is 1. The van der Waals surface area contributed by atoms with Crippen molar-refractivity contribution in [3.63, 3.8) is 0 Å². The Labute approximate surface area is 145 Å². The van der Waals surface area contributed by atoms with Crippen LogP contribution in [-0.2, 0) is 6.42 Å². The average Bonchev–Trinajstić information content (AvgIpc) is 2.96. The zero-order chi connectivity index (χ0) is 17.6. The minimum absolute atomic E-state index is 0.422. The molecule has 1 N–H and O–H groups in total.